The van der Waals surface area contributed by atoms with Gasteiger partial charge in [-0.1, -0.05) is 23.7 Å². The topological polar surface area (TPSA) is 58.6 Å². The van der Waals surface area contributed by atoms with E-state index in [0.29, 0.717) is 16.5 Å². The van der Waals surface area contributed by atoms with Crippen molar-refractivity contribution in [2.75, 3.05) is 5.75 Å². The molecular weight excluding hydrogens is 353 g/mol. The smallest absolute Gasteiger partial charge is 0.321 e. The van der Waals surface area contributed by atoms with Gasteiger partial charge in [0.05, 0.1) is 5.37 Å². The van der Waals surface area contributed by atoms with Gasteiger partial charge in [-0.15, -0.1) is 11.8 Å². The lowest BCUT2D eigenvalue weighted by molar-refractivity contribution is -0.138. The molecule has 1 aliphatic rings. The van der Waals surface area contributed by atoms with E-state index in [1.165, 1.54) is 23.9 Å². The van der Waals surface area contributed by atoms with Crippen molar-refractivity contribution in [1.82, 2.24) is 5.32 Å². The molecule has 1 heterocycles. The summed E-state index contributed by atoms with van der Waals surface area (Å²) < 4.78 is 18.8. The number of carbonyl (C=O) groups is 1. The van der Waals surface area contributed by atoms with Gasteiger partial charge in [0.15, 0.2) is 0 Å². The zero-order chi connectivity index (χ0) is 17.1. The van der Waals surface area contributed by atoms with E-state index in [4.69, 9.17) is 21.4 Å². The number of carboxylic acids is 1. The second kappa shape index (κ2) is 7.42. The summed E-state index contributed by atoms with van der Waals surface area (Å²) in [6.45, 7) is 0.286. The van der Waals surface area contributed by atoms with Crippen LogP contribution >= 0.6 is 23.4 Å². The van der Waals surface area contributed by atoms with E-state index < -0.39 is 12.0 Å². The molecule has 0 bridgehead atoms. The first-order valence-electron chi connectivity index (χ1n) is 7.30. The van der Waals surface area contributed by atoms with Gasteiger partial charge in [0.1, 0.15) is 24.2 Å². The Morgan fingerprint density at radius 1 is 1.33 bits per heavy atom. The van der Waals surface area contributed by atoms with Crippen molar-refractivity contribution in [2.24, 2.45) is 0 Å². The molecule has 4 nitrogen and oxygen atoms in total. The summed E-state index contributed by atoms with van der Waals surface area (Å²) in [5.74, 6) is -0.0676. The molecule has 126 valence electrons. The fourth-order valence-electron chi connectivity index (χ4n) is 2.39. The van der Waals surface area contributed by atoms with Crippen LogP contribution in [0.4, 0.5) is 4.39 Å². The first-order chi connectivity index (χ1) is 11.5. The second-order valence-corrected chi connectivity index (χ2v) is 6.94. The summed E-state index contributed by atoms with van der Waals surface area (Å²) in [6, 6.07) is 10.7. The van der Waals surface area contributed by atoms with Crippen LogP contribution in [0.15, 0.2) is 42.5 Å². The molecule has 1 saturated heterocycles. The van der Waals surface area contributed by atoms with Crippen LogP contribution in [-0.4, -0.2) is 22.9 Å². The number of ether oxygens (including phenoxy) is 1. The summed E-state index contributed by atoms with van der Waals surface area (Å²) in [6.07, 6.45) is 0. The SMILES string of the molecule is O=C(O)C1CSC(c2cc(Cl)ccc2OCc2ccc(F)cc2)N1. The Kier molecular flexibility index (Phi) is 5.28. The molecule has 1 fully saturated rings. The fourth-order valence-corrected chi connectivity index (χ4v) is 3.82. The quantitative estimate of drug-likeness (QED) is 0.840. The molecule has 2 aromatic rings. The van der Waals surface area contributed by atoms with Gasteiger partial charge in [0.2, 0.25) is 0 Å². The lowest BCUT2D eigenvalue weighted by Crippen LogP contribution is -2.33. The first-order valence-corrected chi connectivity index (χ1v) is 8.73. The Labute approximate surface area is 148 Å². The molecule has 2 aromatic carbocycles. The number of thioether (sulfide) groups is 1. The zero-order valence-corrected chi connectivity index (χ0v) is 14.1. The number of benzene rings is 2. The molecule has 0 radical (unpaired) electrons. The summed E-state index contributed by atoms with van der Waals surface area (Å²) in [5, 5.41) is 12.5. The van der Waals surface area contributed by atoms with E-state index in [0.717, 1.165) is 11.1 Å². The van der Waals surface area contributed by atoms with Crippen LogP contribution in [0.25, 0.3) is 0 Å². The van der Waals surface area contributed by atoms with E-state index in [9.17, 15) is 9.18 Å². The maximum atomic E-state index is 13.0. The van der Waals surface area contributed by atoms with Crippen molar-refractivity contribution in [3.05, 3.63) is 64.4 Å². The minimum absolute atomic E-state index is 0.201. The standard InChI is InChI=1S/C17H15ClFNO3S/c18-11-3-6-15(23-8-10-1-4-12(19)5-2-10)13(7-11)16-20-14(9-24-16)17(21)22/h1-7,14,16,20H,8-9H2,(H,21,22). The van der Waals surface area contributed by atoms with E-state index in [2.05, 4.69) is 5.32 Å². The highest BCUT2D eigenvalue weighted by atomic mass is 35.5. The molecule has 3 rings (SSSR count). The van der Waals surface area contributed by atoms with Gasteiger partial charge in [-0.25, -0.2) is 4.39 Å². The molecule has 0 spiro atoms. The molecule has 0 aliphatic carbocycles. The highest BCUT2D eigenvalue weighted by Gasteiger charge is 2.32. The van der Waals surface area contributed by atoms with Gasteiger partial charge in [-0.2, -0.15) is 0 Å². The third kappa shape index (κ3) is 4.01. The molecule has 2 atom stereocenters. The van der Waals surface area contributed by atoms with Gasteiger partial charge in [-0.3, -0.25) is 10.1 Å². The minimum atomic E-state index is -0.874. The van der Waals surface area contributed by atoms with Crippen molar-refractivity contribution in [1.29, 1.82) is 0 Å². The molecule has 2 unspecified atom stereocenters. The van der Waals surface area contributed by atoms with E-state index in [1.807, 2.05) is 0 Å². The predicted molar refractivity (Wildman–Crippen MR) is 91.9 cm³/mol. The molecule has 2 N–H and O–H groups in total. The summed E-state index contributed by atoms with van der Waals surface area (Å²) in [4.78, 5) is 11.1. The molecular formula is C17H15ClFNO3S. The molecule has 1 aliphatic heterocycles. The Morgan fingerprint density at radius 2 is 2.08 bits per heavy atom. The Morgan fingerprint density at radius 3 is 2.75 bits per heavy atom. The number of aliphatic carboxylic acids is 1. The zero-order valence-electron chi connectivity index (χ0n) is 12.5. The Bertz CT molecular complexity index is 741. The average Bonchev–Trinajstić information content (AvgIpc) is 3.05. The van der Waals surface area contributed by atoms with E-state index in [1.54, 1.807) is 30.3 Å². The first kappa shape index (κ1) is 17.1. The van der Waals surface area contributed by atoms with Crippen LogP contribution in [-0.2, 0) is 11.4 Å². The van der Waals surface area contributed by atoms with E-state index in [-0.39, 0.29) is 17.8 Å². The number of halogens is 2. The van der Waals surface area contributed by atoms with Crippen molar-refractivity contribution in [3.8, 4) is 5.75 Å². The third-order valence-electron chi connectivity index (χ3n) is 3.64. The van der Waals surface area contributed by atoms with Crippen LogP contribution in [0.5, 0.6) is 5.75 Å². The summed E-state index contributed by atoms with van der Waals surface area (Å²) in [7, 11) is 0. The van der Waals surface area contributed by atoms with Gasteiger partial charge in [0.25, 0.3) is 0 Å². The average molecular weight is 368 g/mol. The van der Waals surface area contributed by atoms with Crippen molar-refractivity contribution < 1.29 is 19.0 Å². The Balaban J connectivity index is 1.76. The molecule has 24 heavy (non-hydrogen) atoms. The maximum absolute atomic E-state index is 13.0. The number of hydrogen-bond acceptors (Lipinski definition) is 4. The molecule has 0 aromatic heterocycles. The number of carboxylic acid groups (broad SMARTS) is 1. The fraction of sp³-hybridized carbons (Fsp3) is 0.235. The van der Waals surface area contributed by atoms with Crippen LogP contribution in [0.1, 0.15) is 16.5 Å². The number of hydrogen-bond donors (Lipinski definition) is 2. The van der Waals surface area contributed by atoms with Crippen LogP contribution < -0.4 is 10.1 Å². The van der Waals surface area contributed by atoms with Gasteiger partial charge in [-0.05, 0) is 35.9 Å². The number of rotatable bonds is 5. The largest absolute Gasteiger partial charge is 0.489 e. The third-order valence-corrected chi connectivity index (χ3v) is 5.13. The Hall–Kier alpha value is -1.76. The highest BCUT2D eigenvalue weighted by Crippen LogP contribution is 2.39. The van der Waals surface area contributed by atoms with Crippen molar-refractivity contribution in [3.63, 3.8) is 0 Å². The second-order valence-electron chi connectivity index (χ2n) is 5.37. The van der Waals surface area contributed by atoms with Gasteiger partial charge >= 0.3 is 5.97 Å². The lowest BCUT2D eigenvalue weighted by atomic mass is 10.1. The van der Waals surface area contributed by atoms with E-state index >= 15 is 0 Å². The predicted octanol–water partition coefficient (Wildman–Crippen LogP) is 3.85. The van der Waals surface area contributed by atoms with Crippen LogP contribution in [0.2, 0.25) is 5.02 Å². The molecule has 0 saturated carbocycles. The molecule has 0 amide bonds. The lowest BCUT2D eigenvalue weighted by Gasteiger charge is -2.17. The van der Waals surface area contributed by atoms with Crippen LogP contribution in [0.3, 0.4) is 0 Å². The number of nitrogens with one attached hydrogen (secondary N) is 1. The minimum Gasteiger partial charge on any atom is -0.489 e. The van der Waals surface area contributed by atoms with Crippen molar-refractivity contribution >= 4 is 29.3 Å². The van der Waals surface area contributed by atoms with Gasteiger partial charge in [0, 0.05) is 16.3 Å². The monoisotopic (exact) mass is 367 g/mol. The summed E-state index contributed by atoms with van der Waals surface area (Å²) >= 11 is 7.58. The van der Waals surface area contributed by atoms with Gasteiger partial charge < -0.3 is 9.84 Å². The summed E-state index contributed by atoms with van der Waals surface area (Å²) in [5.41, 5.74) is 1.64. The van der Waals surface area contributed by atoms with Crippen LogP contribution in [0, 0.1) is 5.82 Å². The molecule has 7 heteroatoms. The highest BCUT2D eigenvalue weighted by molar-refractivity contribution is 7.99. The van der Waals surface area contributed by atoms with Crippen molar-refractivity contribution in [2.45, 2.75) is 18.0 Å². The maximum Gasteiger partial charge on any atom is 0.321 e. The normalized spacial score (nSPS) is 20.1.